The van der Waals surface area contributed by atoms with E-state index in [0.29, 0.717) is 0 Å². The first kappa shape index (κ1) is 16.6. The fraction of sp³-hybridized carbons (Fsp3) is 0.533. The maximum Gasteiger partial charge on any atom is 0.405 e. The largest absolute Gasteiger partial charge is 0.465 e. The summed E-state index contributed by atoms with van der Waals surface area (Å²) < 4.78 is 0. The van der Waals surface area contributed by atoms with E-state index >= 15 is 0 Å². The van der Waals surface area contributed by atoms with Crippen molar-refractivity contribution in [1.82, 2.24) is 15.6 Å². The molecule has 0 bridgehead atoms. The van der Waals surface area contributed by atoms with Crippen LogP contribution in [0.25, 0.3) is 0 Å². The molecule has 1 aliphatic rings. The number of carbonyl (C=O) groups is 2. The summed E-state index contributed by atoms with van der Waals surface area (Å²) in [4.78, 5) is 28.2. The zero-order valence-electron chi connectivity index (χ0n) is 12.8. The molecule has 1 heterocycles. The monoisotopic (exact) mass is 323 g/mol. The summed E-state index contributed by atoms with van der Waals surface area (Å²) in [5.74, 6) is 1.52. The number of hydrogen-bond acceptors (Lipinski definition) is 4. The molecule has 2 rings (SSSR count). The summed E-state index contributed by atoms with van der Waals surface area (Å²) in [5.41, 5.74) is -0.366. The van der Waals surface area contributed by atoms with Crippen LogP contribution in [0, 0.1) is 5.92 Å². The predicted octanol–water partition coefficient (Wildman–Crippen LogP) is 2.25. The van der Waals surface area contributed by atoms with Gasteiger partial charge in [0.2, 0.25) is 5.91 Å². The van der Waals surface area contributed by atoms with Crippen LogP contribution in [0.5, 0.6) is 0 Å². The highest BCUT2D eigenvalue weighted by atomic mass is 32.2. The van der Waals surface area contributed by atoms with Gasteiger partial charge in [0.25, 0.3) is 0 Å². The first-order valence-electron chi connectivity index (χ1n) is 7.24. The number of pyridine rings is 1. The quantitative estimate of drug-likeness (QED) is 0.669. The molecule has 2 amide bonds. The number of rotatable bonds is 7. The molecule has 0 unspecified atom stereocenters. The minimum absolute atomic E-state index is 0.289. The van der Waals surface area contributed by atoms with Gasteiger partial charge in [-0.2, -0.15) is 0 Å². The van der Waals surface area contributed by atoms with E-state index in [1.807, 2.05) is 12.1 Å². The van der Waals surface area contributed by atoms with Crippen molar-refractivity contribution in [3.8, 4) is 0 Å². The van der Waals surface area contributed by atoms with Crippen molar-refractivity contribution in [2.45, 2.75) is 43.7 Å². The molecule has 0 saturated heterocycles. The molecule has 6 nitrogen and oxygen atoms in total. The van der Waals surface area contributed by atoms with Gasteiger partial charge in [-0.3, -0.25) is 9.78 Å². The van der Waals surface area contributed by atoms with E-state index in [4.69, 9.17) is 5.11 Å². The summed E-state index contributed by atoms with van der Waals surface area (Å²) in [7, 11) is 0. The van der Waals surface area contributed by atoms with Gasteiger partial charge in [0.15, 0.2) is 0 Å². The van der Waals surface area contributed by atoms with E-state index in [-0.39, 0.29) is 12.5 Å². The summed E-state index contributed by atoms with van der Waals surface area (Å²) >= 11 is 1.76. The molecular formula is C15H21N3O3S. The number of thioether (sulfide) groups is 1. The van der Waals surface area contributed by atoms with Crippen molar-refractivity contribution in [1.29, 1.82) is 0 Å². The third-order valence-corrected chi connectivity index (χ3v) is 4.74. The van der Waals surface area contributed by atoms with Crippen LogP contribution in [0.3, 0.4) is 0 Å². The van der Waals surface area contributed by atoms with Crippen LogP contribution in [0.1, 0.15) is 32.4 Å². The zero-order valence-corrected chi connectivity index (χ0v) is 13.6. The smallest absolute Gasteiger partial charge is 0.405 e. The number of carbonyl (C=O) groups excluding carboxylic acids is 1. The van der Waals surface area contributed by atoms with Gasteiger partial charge in [-0.25, -0.2) is 4.79 Å². The minimum Gasteiger partial charge on any atom is -0.465 e. The molecule has 1 aromatic heterocycles. The number of aromatic nitrogens is 1. The molecule has 0 aromatic carbocycles. The molecule has 0 atom stereocenters. The van der Waals surface area contributed by atoms with Crippen molar-refractivity contribution < 1.29 is 14.7 Å². The Labute approximate surface area is 134 Å². The second-order valence-corrected chi connectivity index (χ2v) is 7.00. The lowest BCUT2D eigenvalue weighted by atomic mass is 10.1. The Hall–Kier alpha value is -1.76. The maximum absolute atomic E-state index is 12.1. The lowest BCUT2D eigenvalue weighted by Gasteiger charge is -2.23. The van der Waals surface area contributed by atoms with Crippen LogP contribution in [-0.4, -0.2) is 33.4 Å². The van der Waals surface area contributed by atoms with Crippen LogP contribution in [0.4, 0.5) is 4.79 Å². The average Bonchev–Trinajstić information content (AvgIpc) is 3.26. The molecule has 0 aliphatic heterocycles. The normalized spacial score (nSPS) is 14.5. The number of carboxylic acid groups (broad SMARTS) is 1. The van der Waals surface area contributed by atoms with Crippen molar-refractivity contribution in [3.63, 3.8) is 0 Å². The molecule has 1 aliphatic carbocycles. The minimum atomic E-state index is -1.22. The van der Waals surface area contributed by atoms with Gasteiger partial charge in [-0.1, -0.05) is 0 Å². The number of nitrogens with one attached hydrogen (secondary N) is 2. The van der Waals surface area contributed by atoms with Crippen molar-refractivity contribution in [2.24, 2.45) is 5.92 Å². The first-order chi connectivity index (χ1) is 10.4. The lowest BCUT2D eigenvalue weighted by molar-refractivity contribution is -0.126. The van der Waals surface area contributed by atoms with Gasteiger partial charge >= 0.3 is 6.09 Å². The molecule has 1 saturated carbocycles. The van der Waals surface area contributed by atoms with E-state index in [0.717, 1.165) is 22.3 Å². The van der Waals surface area contributed by atoms with Gasteiger partial charge in [0.05, 0.1) is 12.2 Å². The molecule has 1 aromatic rings. The van der Waals surface area contributed by atoms with E-state index in [1.165, 1.54) is 26.7 Å². The topological polar surface area (TPSA) is 91.3 Å². The van der Waals surface area contributed by atoms with Crippen LogP contribution in [0.2, 0.25) is 0 Å². The third kappa shape index (κ3) is 4.91. The summed E-state index contributed by atoms with van der Waals surface area (Å²) in [6.07, 6.45) is 3.07. The van der Waals surface area contributed by atoms with Gasteiger partial charge < -0.3 is 15.7 Å². The first-order valence-corrected chi connectivity index (χ1v) is 8.23. The molecule has 22 heavy (non-hydrogen) atoms. The number of amides is 2. The van der Waals surface area contributed by atoms with Crippen molar-refractivity contribution >= 4 is 23.8 Å². The van der Waals surface area contributed by atoms with Gasteiger partial charge in [-0.15, -0.1) is 11.8 Å². The Kier molecular flexibility index (Phi) is 5.28. The Morgan fingerprint density at radius 3 is 2.82 bits per heavy atom. The Balaban J connectivity index is 1.92. The van der Waals surface area contributed by atoms with Crippen molar-refractivity contribution in [2.75, 3.05) is 5.75 Å². The van der Waals surface area contributed by atoms with Crippen LogP contribution >= 0.6 is 11.8 Å². The molecule has 0 spiro atoms. The van der Waals surface area contributed by atoms with Crippen LogP contribution < -0.4 is 10.6 Å². The SMILES string of the molecule is CC(C)(NC(=O)O)C(=O)NCc1ncccc1SCC1CC1. The van der Waals surface area contributed by atoms with E-state index in [9.17, 15) is 9.59 Å². The highest BCUT2D eigenvalue weighted by molar-refractivity contribution is 7.99. The Morgan fingerprint density at radius 1 is 1.45 bits per heavy atom. The standard InChI is InChI=1S/C15H21N3O3S/c1-15(2,18-14(20)21)13(19)17-8-11-12(4-3-7-16-11)22-9-10-5-6-10/h3-4,7,10,18H,5-6,8-9H2,1-2H3,(H,17,19)(H,20,21). The number of nitrogens with zero attached hydrogens (tertiary/aromatic N) is 1. The van der Waals surface area contributed by atoms with Gasteiger partial charge in [0.1, 0.15) is 5.54 Å². The molecule has 3 N–H and O–H groups in total. The highest BCUT2D eigenvalue weighted by Gasteiger charge is 2.29. The fourth-order valence-electron chi connectivity index (χ4n) is 1.89. The zero-order chi connectivity index (χ0) is 16.2. The summed E-state index contributed by atoms with van der Waals surface area (Å²) in [5, 5.41) is 13.7. The van der Waals surface area contributed by atoms with Crippen LogP contribution in [-0.2, 0) is 11.3 Å². The molecular weight excluding hydrogens is 302 g/mol. The Morgan fingerprint density at radius 2 is 2.18 bits per heavy atom. The Bertz CT molecular complexity index is 559. The second-order valence-electron chi connectivity index (χ2n) is 5.94. The predicted molar refractivity (Wildman–Crippen MR) is 84.8 cm³/mol. The van der Waals surface area contributed by atoms with Crippen LogP contribution in [0.15, 0.2) is 23.2 Å². The molecule has 0 radical (unpaired) electrons. The molecule has 7 heteroatoms. The van der Waals surface area contributed by atoms with E-state index < -0.39 is 11.6 Å². The maximum atomic E-state index is 12.1. The average molecular weight is 323 g/mol. The van der Waals surface area contributed by atoms with Crippen molar-refractivity contribution in [3.05, 3.63) is 24.0 Å². The lowest BCUT2D eigenvalue weighted by Crippen LogP contribution is -2.54. The number of hydrogen-bond donors (Lipinski definition) is 3. The van der Waals surface area contributed by atoms with E-state index in [2.05, 4.69) is 15.6 Å². The van der Waals surface area contributed by atoms with Gasteiger partial charge in [0, 0.05) is 16.8 Å². The second kappa shape index (κ2) is 7.00. The van der Waals surface area contributed by atoms with E-state index in [1.54, 1.807) is 18.0 Å². The third-order valence-electron chi connectivity index (χ3n) is 3.42. The summed E-state index contributed by atoms with van der Waals surface area (Å²) in [6, 6.07) is 3.89. The fourth-order valence-corrected chi connectivity index (χ4v) is 3.10. The molecule has 120 valence electrons. The molecule has 1 fully saturated rings. The summed E-state index contributed by atoms with van der Waals surface area (Å²) in [6.45, 7) is 3.34. The van der Waals surface area contributed by atoms with Gasteiger partial charge in [-0.05, 0) is 44.7 Å². The highest BCUT2D eigenvalue weighted by Crippen LogP contribution is 2.35.